The predicted octanol–water partition coefficient (Wildman–Crippen LogP) is 5.15. The average molecular weight is 340 g/mol. The van der Waals surface area contributed by atoms with Crippen LogP contribution in [0, 0.1) is 30.1 Å². The molecule has 4 aliphatic carbocycles. The van der Waals surface area contributed by atoms with Crippen LogP contribution in [0.15, 0.2) is 18.2 Å². The van der Waals surface area contributed by atoms with Gasteiger partial charge < -0.3 is 5.32 Å². The number of carbonyl (C=O) groups excluding carboxylic acids is 1. The van der Waals surface area contributed by atoms with E-state index in [1.54, 1.807) is 11.3 Å². The maximum atomic E-state index is 12.7. The highest BCUT2D eigenvalue weighted by Gasteiger charge is 2.51. The molecule has 1 aromatic carbocycles. The van der Waals surface area contributed by atoms with Gasteiger partial charge in [-0.15, -0.1) is 11.3 Å². The first kappa shape index (κ1) is 14.9. The Morgan fingerprint density at radius 1 is 1.21 bits per heavy atom. The number of hydrogen-bond donors (Lipinski definition) is 1. The molecule has 0 aliphatic heterocycles. The summed E-state index contributed by atoms with van der Waals surface area (Å²) in [5.74, 6) is 2.90. The van der Waals surface area contributed by atoms with Crippen molar-refractivity contribution in [3.63, 3.8) is 0 Å². The maximum absolute atomic E-state index is 12.7. The maximum Gasteiger partial charge on any atom is 0.224 e. The van der Waals surface area contributed by atoms with Crippen LogP contribution in [0.25, 0.3) is 10.2 Å². The van der Waals surface area contributed by atoms with Crippen molar-refractivity contribution in [2.45, 2.75) is 51.9 Å². The van der Waals surface area contributed by atoms with E-state index in [-0.39, 0.29) is 5.91 Å². The molecule has 126 valence electrons. The van der Waals surface area contributed by atoms with Gasteiger partial charge in [0.1, 0.15) is 0 Å². The Labute approximate surface area is 146 Å². The molecule has 1 N–H and O–H groups in total. The fourth-order valence-electron chi connectivity index (χ4n) is 6.17. The van der Waals surface area contributed by atoms with Crippen molar-refractivity contribution in [2.75, 3.05) is 5.32 Å². The lowest BCUT2D eigenvalue weighted by Crippen LogP contribution is -2.47. The number of aryl methyl sites for hydroxylation is 1. The third-order valence-electron chi connectivity index (χ3n) is 6.48. The molecule has 2 aromatic rings. The second-order valence-electron chi connectivity index (χ2n) is 8.56. The van der Waals surface area contributed by atoms with Crippen molar-refractivity contribution < 1.29 is 4.79 Å². The van der Waals surface area contributed by atoms with Gasteiger partial charge in [0.2, 0.25) is 5.91 Å². The minimum atomic E-state index is 0.197. The smallest absolute Gasteiger partial charge is 0.224 e. The summed E-state index contributed by atoms with van der Waals surface area (Å²) in [6.45, 7) is 2.02. The Bertz CT molecular complexity index is 774. The van der Waals surface area contributed by atoms with Gasteiger partial charge in [0.25, 0.3) is 0 Å². The van der Waals surface area contributed by atoms with E-state index in [1.165, 1.54) is 43.2 Å². The second-order valence-corrected chi connectivity index (χ2v) is 9.79. The highest BCUT2D eigenvalue weighted by molar-refractivity contribution is 7.18. The second kappa shape index (κ2) is 5.29. The van der Waals surface area contributed by atoms with Crippen LogP contribution in [0.5, 0.6) is 0 Å². The molecule has 6 rings (SSSR count). The van der Waals surface area contributed by atoms with E-state index in [2.05, 4.69) is 16.4 Å². The number of anilines is 1. The number of aromatic nitrogens is 1. The van der Waals surface area contributed by atoms with Crippen molar-refractivity contribution >= 4 is 33.1 Å². The largest absolute Gasteiger partial charge is 0.326 e. The number of nitrogens with zero attached hydrogens (tertiary/aromatic N) is 1. The minimum Gasteiger partial charge on any atom is -0.326 e. The highest BCUT2D eigenvalue weighted by atomic mass is 32.1. The molecule has 4 fully saturated rings. The molecule has 0 unspecified atom stereocenters. The monoisotopic (exact) mass is 340 g/mol. The van der Waals surface area contributed by atoms with E-state index in [0.717, 1.165) is 34.0 Å². The molecule has 4 bridgehead atoms. The number of rotatable bonds is 3. The predicted molar refractivity (Wildman–Crippen MR) is 98.2 cm³/mol. The van der Waals surface area contributed by atoms with E-state index in [0.29, 0.717) is 11.8 Å². The molecule has 4 heteroatoms. The molecule has 3 nitrogen and oxygen atoms in total. The topological polar surface area (TPSA) is 42.0 Å². The van der Waals surface area contributed by atoms with E-state index < -0.39 is 0 Å². The number of nitrogens with one attached hydrogen (secondary N) is 1. The number of thiazole rings is 1. The molecule has 0 spiro atoms. The van der Waals surface area contributed by atoms with Gasteiger partial charge in [-0.25, -0.2) is 4.98 Å². The van der Waals surface area contributed by atoms with Crippen molar-refractivity contribution in [1.82, 2.24) is 4.98 Å². The summed E-state index contributed by atoms with van der Waals surface area (Å²) >= 11 is 1.70. The number of amides is 1. The summed E-state index contributed by atoms with van der Waals surface area (Å²) in [4.78, 5) is 17.2. The first-order valence-electron chi connectivity index (χ1n) is 9.24. The van der Waals surface area contributed by atoms with Crippen LogP contribution in [0.2, 0.25) is 0 Å². The van der Waals surface area contributed by atoms with E-state index in [1.807, 2.05) is 19.1 Å². The molecule has 1 heterocycles. The molecule has 0 saturated heterocycles. The summed E-state index contributed by atoms with van der Waals surface area (Å²) in [7, 11) is 0. The molecule has 0 radical (unpaired) electrons. The summed E-state index contributed by atoms with van der Waals surface area (Å²) < 4.78 is 1.19. The fourth-order valence-corrected chi connectivity index (χ4v) is 6.98. The average Bonchev–Trinajstić information content (AvgIpc) is 2.84. The van der Waals surface area contributed by atoms with Crippen LogP contribution in [-0.2, 0) is 4.79 Å². The lowest BCUT2D eigenvalue weighted by atomic mass is 9.49. The first-order chi connectivity index (χ1) is 11.6. The summed E-state index contributed by atoms with van der Waals surface area (Å²) in [5, 5.41) is 4.22. The van der Waals surface area contributed by atoms with Crippen molar-refractivity contribution in [2.24, 2.45) is 23.2 Å². The zero-order valence-corrected chi connectivity index (χ0v) is 15.0. The van der Waals surface area contributed by atoms with Crippen LogP contribution in [0.1, 0.15) is 50.0 Å². The van der Waals surface area contributed by atoms with Gasteiger partial charge in [-0.3, -0.25) is 4.79 Å². The molecule has 4 aliphatic rings. The lowest BCUT2D eigenvalue weighted by Gasteiger charge is -2.56. The van der Waals surface area contributed by atoms with Crippen LogP contribution in [0.3, 0.4) is 0 Å². The zero-order valence-electron chi connectivity index (χ0n) is 14.2. The quantitative estimate of drug-likeness (QED) is 0.839. The van der Waals surface area contributed by atoms with Gasteiger partial charge >= 0.3 is 0 Å². The number of fused-ring (bicyclic) bond motifs is 1. The molecule has 4 saturated carbocycles. The number of hydrogen-bond acceptors (Lipinski definition) is 3. The molecule has 1 amide bonds. The SMILES string of the molecule is Cc1nc2cc(NC(=O)CC34CC5CC(CC(C5)C3)C4)ccc2s1. The molecular formula is C20H24N2OS. The van der Waals surface area contributed by atoms with Gasteiger partial charge in [-0.1, -0.05) is 0 Å². The Balaban J connectivity index is 1.31. The number of benzene rings is 1. The Morgan fingerprint density at radius 2 is 1.88 bits per heavy atom. The lowest BCUT2D eigenvalue weighted by molar-refractivity contribution is -0.124. The van der Waals surface area contributed by atoms with Gasteiger partial charge in [-0.2, -0.15) is 0 Å². The van der Waals surface area contributed by atoms with Crippen LogP contribution in [-0.4, -0.2) is 10.9 Å². The molecular weight excluding hydrogens is 316 g/mol. The Hall–Kier alpha value is -1.42. The summed E-state index contributed by atoms with van der Waals surface area (Å²) in [6, 6.07) is 6.09. The normalized spacial score (nSPS) is 34.0. The van der Waals surface area contributed by atoms with Crippen LogP contribution < -0.4 is 5.32 Å². The van der Waals surface area contributed by atoms with Crippen molar-refractivity contribution in [3.8, 4) is 0 Å². The Morgan fingerprint density at radius 3 is 2.54 bits per heavy atom. The van der Waals surface area contributed by atoms with Crippen LogP contribution >= 0.6 is 11.3 Å². The van der Waals surface area contributed by atoms with Gasteiger partial charge in [0.15, 0.2) is 0 Å². The van der Waals surface area contributed by atoms with E-state index in [4.69, 9.17) is 0 Å². The Kier molecular flexibility index (Phi) is 3.28. The molecule has 24 heavy (non-hydrogen) atoms. The first-order valence-corrected chi connectivity index (χ1v) is 10.1. The van der Waals surface area contributed by atoms with Crippen LogP contribution in [0.4, 0.5) is 5.69 Å². The summed E-state index contributed by atoms with van der Waals surface area (Å²) in [5.41, 5.74) is 2.19. The third kappa shape index (κ3) is 2.55. The van der Waals surface area contributed by atoms with E-state index in [9.17, 15) is 4.79 Å². The number of carbonyl (C=O) groups is 1. The van der Waals surface area contributed by atoms with Crippen molar-refractivity contribution in [1.29, 1.82) is 0 Å². The zero-order chi connectivity index (χ0) is 16.3. The standard InChI is InChI=1S/C20H24N2OS/c1-12-21-17-7-16(2-3-18(17)24-12)22-19(23)11-20-8-13-4-14(9-20)6-15(5-13)10-20/h2-3,7,13-15H,4-6,8-11H2,1H3,(H,22,23). The highest BCUT2D eigenvalue weighted by Crippen LogP contribution is 2.61. The van der Waals surface area contributed by atoms with Gasteiger partial charge in [0.05, 0.1) is 15.2 Å². The summed E-state index contributed by atoms with van der Waals surface area (Å²) in [6.07, 6.45) is 8.87. The van der Waals surface area contributed by atoms with Crippen molar-refractivity contribution in [3.05, 3.63) is 23.2 Å². The minimum absolute atomic E-state index is 0.197. The van der Waals surface area contributed by atoms with Gasteiger partial charge in [-0.05, 0) is 86.8 Å². The van der Waals surface area contributed by atoms with Gasteiger partial charge in [0, 0.05) is 12.1 Å². The fraction of sp³-hybridized carbons (Fsp3) is 0.600. The molecule has 1 aromatic heterocycles. The van der Waals surface area contributed by atoms with E-state index >= 15 is 0 Å². The molecule has 0 atom stereocenters. The third-order valence-corrected chi connectivity index (χ3v) is 7.43.